The van der Waals surface area contributed by atoms with Gasteiger partial charge in [-0.05, 0) is 36.8 Å². The molecule has 0 radical (unpaired) electrons. The number of hydrogen-bond acceptors (Lipinski definition) is 3. The van der Waals surface area contributed by atoms with E-state index in [0.717, 1.165) is 18.4 Å². The van der Waals surface area contributed by atoms with E-state index in [1.807, 2.05) is 31.2 Å². The molecule has 0 saturated carbocycles. The van der Waals surface area contributed by atoms with Crippen LogP contribution in [0, 0.1) is 5.92 Å². The number of rotatable bonds is 4. The molecule has 0 aromatic heterocycles. The van der Waals surface area contributed by atoms with Crippen molar-refractivity contribution in [2.75, 3.05) is 12.3 Å². The van der Waals surface area contributed by atoms with Gasteiger partial charge in [0.15, 0.2) is 0 Å². The van der Waals surface area contributed by atoms with Gasteiger partial charge in [-0.1, -0.05) is 25.1 Å². The molecule has 1 heterocycles. The second-order valence-corrected chi connectivity index (χ2v) is 5.69. The van der Waals surface area contributed by atoms with Gasteiger partial charge in [0.25, 0.3) is 0 Å². The number of aliphatic carboxylic acids is 1. The molecule has 3 N–H and O–H groups in total. The third kappa shape index (κ3) is 3.54. The molecule has 2 unspecified atom stereocenters. The average Bonchev–Trinajstić information content (AvgIpc) is 2.45. The predicted molar refractivity (Wildman–Crippen MR) is 80.7 cm³/mol. The van der Waals surface area contributed by atoms with Crippen molar-refractivity contribution < 1.29 is 14.7 Å². The van der Waals surface area contributed by atoms with Gasteiger partial charge in [-0.25, -0.2) is 4.79 Å². The topological polar surface area (TPSA) is 83.6 Å². The lowest BCUT2D eigenvalue weighted by Gasteiger charge is -2.37. The molecular weight excluding hydrogens is 268 g/mol. The smallest absolute Gasteiger partial charge is 0.326 e. The van der Waals surface area contributed by atoms with E-state index in [0.29, 0.717) is 25.1 Å². The summed E-state index contributed by atoms with van der Waals surface area (Å²) in [5.74, 6) is -1.01. The van der Waals surface area contributed by atoms with E-state index in [9.17, 15) is 14.7 Å². The van der Waals surface area contributed by atoms with Crippen LogP contribution in [0.25, 0.3) is 0 Å². The number of aryl methyl sites for hydroxylation is 1. The number of carboxylic acids is 1. The standard InChI is InChI=1S/C16H22N2O3/c1-11-5-4-10-18(15(11)16(20)21)14(19)9-8-12-6-2-3-7-13(12)17/h2-3,6-7,11,15H,4-5,8-10,17H2,1H3,(H,20,21). The number of carbonyl (C=O) groups is 2. The molecule has 1 aromatic rings. The van der Waals surface area contributed by atoms with Crippen LogP contribution >= 0.6 is 0 Å². The van der Waals surface area contributed by atoms with Crippen molar-refractivity contribution in [3.63, 3.8) is 0 Å². The number of amides is 1. The van der Waals surface area contributed by atoms with Crippen molar-refractivity contribution in [3.05, 3.63) is 29.8 Å². The van der Waals surface area contributed by atoms with Gasteiger partial charge < -0.3 is 15.7 Å². The monoisotopic (exact) mass is 290 g/mol. The molecule has 1 aliphatic rings. The molecule has 1 aliphatic heterocycles. The maximum Gasteiger partial charge on any atom is 0.326 e. The molecular formula is C16H22N2O3. The van der Waals surface area contributed by atoms with Gasteiger partial charge in [-0.3, -0.25) is 4.79 Å². The number of nitrogens with two attached hydrogens (primary N) is 1. The predicted octanol–water partition coefficient (Wildman–Crippen LogP) is 1.91. The van der Waals surface area contributed by atoms with Crippen LogP contribution in [-0.4, -0.2) is 34.5 Å². The number of benzene rings is 1. The summed E-state index contributed by atoms with van der Waals surface area (Å²) in [6, 6.07) is 6.75. The summed E-state index contributed by atoms with van der Waals surface area (Å²) < 4.78 is 0. The van der Waals surface area contributed by atoms with Crippen LogP contribution in [0.3, 0.4) is 0 Å². The maximum atomic E-state index is 12.4. The van der Waals surface area contributed by atoms with Crippen LogP contribution in [0.15, 0.2) is 24.3 Å². The SMILES string of the molecule is CC1CCCN(C(=O)CCc2ccccc2N)C1C(=O)O. The lowest BCUT2D eigenvalue weighted by atomic mass is 9.90. The number of anilines is 1. The molecule has 0 aliphatic carbocycles. The van der Waals surface area contributed by atoms with Crippen LogP contribution in [0.1, 0.15) is 31.7 Å². The maximum absolute atomic E-state index is 12.4. The van der Waals surface area contributed by atoms with Crippen LogP contribution in [0.2, 0.25) is 0 Å². The molecule has 1 saturated heterocycles. The van der Waals surface area contributed by atoms with Crippen molar-refractivity contribution >= 4 is 17.6 Å². The number of carboxylic acid groups (broad SMARTS) is 1. The second-order valence-electron chi connectivity index (χ2n) is 5.69. The minimum Gasteiger partial charge on any atom is -0.480 e. The van der Waals surface area contributed by atoms with E-state index < -0.39 is 12.0 Å². The second kappa shape index (κ2) is 6.61. The minimum atomic E-state index is -0.908. The Morgan fingerprint density at radius 2 is 2.10 bits per heavy atom. The lowest BCUT2D eigenvalue weighted by molar-refractivity contribution is -0.154. The van der Waals surface area contributed by atoms with E-state index in [1.54, 1.807) is 0 Å². The number of hydrogen-bond donors (Lipinski definition) is 2. The summed E-state index contributed by atoms with van der Waals surface area (Å²) in [4.78, 5) is 25.3. The molecule has 5 heteroatoms. The Labute approximate surface area is 124 Å². The Morgan fingerprint density at radius 1 is 1.38 bits per heavy atom. The van der Waals surface area contributed by atoms with Gasteiger partial charge in [0, 0.05) is 18.7 Å². The molecule has 21 heavy (non-hydrogen) atoms. The van der Waals surface area contributed by atoms with Crippen molar-refractivity contribution in [1.29, 1.82) is 0 Å². The van der Waals surface area contributed by atoms with Crippen LogP contribution < -0.4 is 5.73 Å². The van der Waals surface area contributed by atoms with Gasteiger partial charge in [0.1, 0.15) is 6.04 Å². The Balaban J connectivity index is 2.02. The van der Waals surface area contributed by atoms with E-state index in [2.05, 4.69) is 0 Å². The molecule has 1 fully saturated rings. The van der Waals surface area contributed by atoms with Crippen molar-refractivity contribution in [3.8, 4) is 0 Å². The zero-order chi connectivity index (χ0) is 15.4. The zero-order valence-corrected chi connectivity index (χ0v) is 12.3. The highest BCUT2D eigenvalue weighted by molar-refractivity contribution is 5.84. The lowest BCUT2D eigenvalue weighted by Crippen LogP contribution is -2.52. The number of nitrogen functional groups attached to an aromatic ring is 1. The third-order valence-corrected chi connectivity index (χ3v) is 4.17. The zero-order valence-electron chi connectivity index (χ0n) is 12.3. The number of carbonyl (C=O) groups excluding carboxylic acids is 1. The molecule has 5 nitrogen and oxygen atoms in total. The molecule has 114 valence electrons. The number of piperidine rings is 1. The fraction of sp³-hybridized carbons (Fsp3) is 0.500. The minimum absolute atomic E-state index is 0.00185. The number of likely N-dealkylation sites (tertiary alicyclic amines) is 1. The number of nitrogens with zero attached hydrogens (tertiary/aromatic N) is 1. The van der Waals surface area contributed by atoms with E-state index in [-0.39, 0.29) is 11.8 Å². The van der Waals surface area contributed by atoms with E-state index >= 15 is 0 Å². The Hall–Kier alpha value is -2.04. The van der Waals surface area contributed by atoms with Crippen molar-refractivity contribution in [1.82, 2.24) is 4.90 Å². The van der Waals surface area contributed by atoms with Gasteiger partial charge >= 0.3 is 5.97 Å². The summed E-state index contributed by atoms with van der Waals surface area (Å²) in [7, 11) is 0. The fourth-order valence-corrected chi connectivity index (χ4v) is 2.99. The summed E-state index contributed by atoms with van der Waals surface area (Å²) in [6.07, 6.45) is 2.56. The summed E-state index contributed by atoms with van der Waals surface area (Å²) in [5, 5.41) is 9.34. The third-order valence-electron chi connectivity index (χ3n) is 4.17. The Bertz CT molecular complexity index is 530. The van der Waals surface area contributed by atoms with Crippen LogP contribution in [-0.2, 0) is 16.0 Å². The Kier molecular flexibility index (Phi) is 4.83. The Morgan fingerprint density at radius 3 is 2.76 bits per heavy atom. The molecule has 2 rings (SSSR count). The highest BCUT2D eigenvalue weighted by atomic mass is 16.4. The average molecular weight is 290 g/mol. The van der Waals surface area contributed by atoms with Gasteiger partial charge in [-0.2, -0.15) is 0 Å². The van der Waals surface area contributed by atoms with E-state index in [1.165, 1.54) is 4.90 Å². The molecule has 0 bridgehead atoms. The highest BCUT2D eigenvalue weighted by Crippen LogP contribution is 2.24. The molecule has 2 atom stereocenters. The summed E-state index contributed by atoms with van der Waals surface area (Å²) in [5.41, 5.74) is 7.47. The first-order valence-corrected chi connectivity index (χ1v) is 7.36. The first kappa shape index (κ1) is 15.4. The fourth-order valence-electron chi connectivity index (χ4n) is 2.99. The summed E-state index contributed by atoms with van der Waals surface area (Å²) in [6.45, 7) is 2.43. The first-order chi connectivity index (χ1) is 10.0. The van der Waals surface area contributed by atoms with Crippen LogP contribution in [0.5, 0.6) is 0 Å². The first-order valence-electron chi connectivity index (χ1n) is 7.36. The normalized spacial score (nSPS) is 22.0. The highest BCUT2D eigenvalue weighted by Gasteiger charge is 2.36. The van der Waals surface area contributed by atoms with Gasteiger partial charge in [-0.15, -0.1) is 0 Å². The molecule has 1 amide bonds. The van der Waals surface area contributed by atoms with Crippen molar-refractivity contribution in [2.45, 2.75) is 38.6 Å². The van der Waals surface area contributed by atoms with E-state index in [4.69, 9.17) is 5.73 Å². The summed E-state index contributed by atoms with van der Waals surface area (Å²) >= 11 is 0. The quantitative estimate of drug-likeness (QED) is 0.830. The number of para-hydroxylation sites is 1. The van der Waals surface area contributed by atoms with Crippen LogP contribution in [0.4, 0.5) is 5.69 Å². The van der Waals surface area contributed by atoms with Gasteiger partial charge in [0.2, 0.25) is 5.91 Å². The largest absolute Gasteiger partial charge is 0.480 e. The van der Waals surface area contributed by atoms with Gasteiger partial charge in [0.05, 0.1) is 0 Å². The molecule has 1 aromatic carbocycles. The van der Waals surface area contributed by atoms with Crippen molar-refractivity contribution in [2.24, 2.45) is 5.92 Å². The molecule has 0 spiro atoms.